The van der Waals surface area contributed by atoms with Gasteiger partial charge in [0.25, 0.3) is 0 Å². The molecule has 5 heteroatoms. The number of aliphatic carboxylic acids is 1. The molecule has 4 bridgehead atoms. The third kappa shape index (κ3) is 2.71. The molecule has 2 atom stereocenters. The van der Waals surface area contributed by atoms with E-state index in [0.717, 1.165) is 19.3 Å². The monoisotopic (exact) mass is 304 g/mol. The number of carbonyl (C=O) groups excluding carboxylic acids is 1. The van der Waals surface area contributed by atoms with E-state index >= 15 is 0 Å². The van der Waals surface area contributed by atoms with Gasteiger partial charge in [0.1, 0.15) is 6.04 Å². The van der Waals surface area contributed by atoms with Gasteiger partial charge in [0.15, 0.2) is 0 Å². The summed E-state index contributed by atoms with van der Waals surface area (Å²) >= 11 is 0. The highest BCUT2D eigenvalue weighted by molar-refractivity contribution is 5.87. The van der Waals surface area contributed by atoms with E-state index in [0.29, 0.717) is 17.8 Å². The topological polar surface area (TPSA) is 90.2 Å². The lowest BCUT2D eigenvalue weighted by Crippen LogP contribution is -2.56. The minimum absolute atomic E-state index is 0.0795. The van der Waals surface area contributed by atoms with Gasteiger partial charge in [-0.3, -0.25) is 4.79 Å². The number of hydrogen-bond acceptors (Lipinski definition) is 3. The molecule has 0 aromatic heterocycles. The predicted molar refractivity (Wildman–Crippen MR) is 79.6 cm³/mol. The molecule has 0 aliphatic heterocycles. The van der Waals surface area contributed by atoms with Crippen LogP contribution < -0.4 is 5.32 Å². The van der Waals surface area contributed by atoms with Gasteiger partial charge in [-0.25, -0.2) is 4.79 Å². The number of carboxylic acid groups (broad SMARTS) is 1. The third-order valence-electron chi connectivity index (χ3n) is 5.93. The average Bonchev–Trinajstić information content (AvgIpc) is 2.44. The van der Waals surface area contributed by atoms with Crippen LogP contribution in [0.25, 0.3) is 0 Å². The van der Waals surface area contributed by atoms with E-state index < -0.39 is 12.0 Å². The van der Waals surface area contributed by atoms with Crippen molar-refractivity contribution >= 4 is 11.9 Å². The fraction of sp³-hybridized carbons (Fsp3) is 0.824. The van der Waals surface area contributed by atoms with Crippen molar-refractivity contribution in [2.24, 2.45) is 29.1 Å². The van der Waals surface area contributed by atoms with Crippen LogP contribution in [0.4, 0.5) is 0 Å². The molecule has 4 aliphatic carbocycles. The van der Waals surface area contributed by atoms with Crippen LogP contribution in [0.1, 0.15) is 51.9 Å². The Balaban J connectivity index is 1.70. The van der Waals surface area contributed by atoms with Crippen LogP contribution in [0, 0.1) is 40.4 Å². The highest BCUT2D eigenvalue weighted by Gasteiger charge is 2.54. The van der Waals surface area contributed by atoms with Crippen molar-refractivity contribution in [3.8, 4) is 6.07 Å². The molecule has 0 aromatic rings. The second-order valence-corrected chi connectivity index (χ2v) is 7.83. The second kappa shape index (κ2) is 5.57. The molecule has 4 aliphatic rings. The maximum Gasteiger partial charge on any atom is 0.326 e. The van der Waals surface area contributed by atoms with E-state index in [9.17, 15) is 14.7 Å². The smallest absolute Gasteiger partial charge is 0.326 e. The lowest BCUT2D eigenvalue weighted by atomic mass is 9.49. The summed E-state index contributed by atoms with van der Waals surface area (Å²) in [5, 5.41) is 20.9. The van der Waals surface area contributed by atoms with Crippen molar-refractivity contribution in [2.45, 2.75) is 57.9 Å². The maximum absolute atomic E-state index is 12.8. The van der Waals surface area contributed by atoms with Crippen molar-refractivity contribution in [3.63, 3.8) is 0 Å². The Labute approximate surface area is 131 Å². The summed E-state index contributed by atoms with van der Waals surface area (Å²) in [6.45, 7) is 1.69. The highest BCUT2D eigenvalue weighted by atomic mass is 16.4. The lowest BCUT2D eigenvalue weighted by molar-refractivity contribution is -0.151. The van der Waals surface area contributed by atoms with E-state index in [2.05, 4.69) is 5.32 Å². The van der Waals surface area contributed by atoms with Crippen LogP contribution in [0.15, 0.2) is 0 Å². The average molecular weight is 304 g/mol. The number of nitrogens with one attached hydrogen (secondary N) is 1. The minimum Gasteiger partial charge on any atom is -0.480 e. The SMILES string of the molecule is C[C@H](C#N)C[C@H](NC(=O)C12CC3CC(CC(C3)C1)C2)C(=O)O. The fourth-order valence-corrected chi connectivity index (χ4v) is 5.33. The number of nitrogens with zero attached hydrogens (tertiary/aromatic N) is 1. The van der Waals surface area contributed by atoms with Crippen LogP contribution in [0.5, 0.6) is 0 Å². The van der Waals surface area contributed by atoms with E-state index in [1.165, 1.54) is 19.3 Å². The largest absolute Gasteiger partial charge is 0.480 e. The molecular formula is C17H24N2O3. The molecule has 0 heterocycles. The normalized spacial score (nSPS) is 38.1. The van der Waals surface area contributed by atoms with Gasteiger partial charge < -0.3 is 10.4 Å². The summed E-state index contributed by atoms with van der Waals surface area (Å²) < 4.78 is 0. The van der Waals surface area contributed by atoms with Gasteiger partial charge >= 0.3 is 5.97 Å². The van der Waals surface area contributed by atoms with Crippen molar-refractivity contribution in [2.75, 3.05) is 0 Å². The molecule has 0 aromatic carbocycles. The molecule has 0 radical (unpaired) electrons. The molecule has 4 rings (SSSR count). The molecule has 5 nitrogen and oxygen atoms in total. The van der Waals surface area contributed by atoms with E-state index in [4.69, 9.17) is 5.26 Å². The Morgan fingerprint density at radius 2 is 1.73 bits per heavy atom. The Bertz CT molecular complexity index is 487. The van der Waals surface area contributed by atoms with Crippen LogP contribution in [-0.2, 0) is 9.59 Å². The first kappa shape index (κ1) is 15.3. The number of rotatable bonds is 5. The Kier molecular flexibility index (Phi) is 3.88. The number of amides is 1. The first-order chi connectivity index (χ1) is 10.4. The standard InChI is InChI=1S/C17H24N2O3/c1-10(9-18)2-14(15(20)21)19-16(22)17-6-11-3-12(7-17)5-13(4-11)8-17/h10-14H,2-8H2,1H3,(H,19,22)(H,20,21)/t10-,11?,12?,13?,14-,17?/m0/s1. The summed E-state index contributed by atoms with van der Waals surface area (Å²) in [5.41, 5.74) is -0.335. The maximum atomic E-state index is 12.8. The van der Waals surface area contributed by atoms with E-state index in [-0.39, 0.29) is 23.7 Å². The third-order valence-corrected chi connectivity index (χ3v) is 5.93. The molecule has 0 unspecified atom stereocenters. The van der Waals surface area contributed by atoms with Crippen molar-refractivity contribution in [1.29, 1.82) is 5.26 Å². The summed E-state index contributed by atoms with van der Waals surface area (Å²) in [7, 11) is 0. The zero-order valence-corrected chi connectivity index (χ0v) is 13.0. The van der Waals surface area contributed by atoms with Crippen molar-refractivity contribution in [1.82, 2.24) is 5.32 Å². The molecule has 0 saturated heterocycles. The molecule has 120 valence electrons. The van der Waals surface area contributed by atoms with E-state index in [1.807, 2.05) is 6.07 Å². The first-order valence-corrected chi connectivity index (χ1v) is 8.35. The van der Waals surface area contributed by atoms with Crippen LogP contribution in [-0.4, -0.2) is 23.0 Å². The van der Waals surface area contributed by atoms with Gasteiger partial charge in [0.2, 0.25) is 5.91 Å². The molecule has 4 fully saturated rings. The summed E-state index contributed by atoms with van der Waals surface area (Å²) in [5.74, 6) is 0.456. The molecule has 4 saturated carbocycles. The molecule has 0 spiro atoms. The fourth-order valence-electron chi connectivity index (χ4n) is 5.33. The van der Waals surface area contributed by atoms with Gasteiger partial charge in [-0.1, -0.05) is 0 Å². The minimum atomic E-state index is -1.04. The number of hydrogen-bond donors (Lipinski definition) is 2. The lowest BCUT2D eigenvalue weighted by Gasteiger charge is -2.55. The Morgan fingerprint density at radius 3 is 2.14 bits per heavy atom. The molecular weight excluding hydrogens is 280 g/mol. The van der Waals surface area contributed by atoms with Gasteiger partial charge in [-0.2, -0.15) is 5.26 Å². The zero-order chi connectivity index (χ0) is 15.9. The predicted octanol–water partition coefficient (Wildman–Crippen LogP) is 2.32. The Morgan fingerprint density at radius 1 is 1.23 bits per heavy atom. The molecule has 22 heavy (non-hydrogen) atoms. The quantitative estimate of drug-likeness (QED) is 0.815. The summed E-state index contributed by atoms with van der Waals surface area (Å²) in [4.78, 5) is 24.2. The first-order valence-electron chi connectivity index (χ1n) is 8.35. The zero-order valence-electron chi connectivity index (χ0n) is 13.0. The number of carboxylic acids is 1. The second-order valence-electron chi connectivity index (χ2n) is 7.83. The van der Waals surface area contributed by atoms with Crippen molar-refractivity contribution < 1.29 is 14.7 Å². The van der Waals surface area contributed by atoms with Gasteiger partial charge in [0.05, 0.1) is 6.07 Å². The number of nitriles is 1. The van der Waals surface area contributed by atoms with Gasteiger partial charge in [-0.05, 0) is 69.6 Å². The van der Waals surface area contributed by atoms with Crippen molar-refractivity contribution in [3.05, 3.63) is 0 Å². The summed E-state index contributed by atoms with van der Waals surface area (Å²) in [6, 6.07) is 1.10. The van der Waals surface area contributed by atoms with Crippen LogP contribution >= 0.6 is 0 Å². The van der Waals surface area contributed by atoms with Gasteiger partial charge in [0, 0.05) is 11.3 Å². The van der Waals surface area contributed by atoms with Crippen LogP contribution in [0.2, 0.25) is 0 Å². The highest BCUT2D eigenvalue weighted by Crippen LogP contribution is 2.60. The van der Waals surface area contributed by atoms with E-state index in [1.54, 1.807) is 6.92 Å². The molecule has 2 N–H and O–H groups in total. The van der Waals surface area contributed by atoms with Gasteiger partial charge in [-0.15, -0.1) is 0 Å². The Hall–Kier alpha value is -1.57. The summed E-state index contributed by atoms with van der Waals surface area (Å²) in [6.07, 6.45) is 6.69. The molecule has 1 amide bonds. The number of carbonyl (C=O) groups is 2. The van der Waals surface area contributed by atoms with Crippen LogP contribution in [0.3, 0.4) is 0 Å².